The van der Waals surface area contributed by atoms with Gasteiger partial charge in [-0.05, 0) is 44.0 Å². The van der Waals surface area contributed by atoms with Gasteiger partial charge in [-0.15, -0.1) is 0 Å². The first-order valence-corrected chi connectivity index (χ1v) is 12.6. The van der Waals surface area contributed by atoms with Gasteiger partial charge in [0.25, 0.3) is 0 Å². The van der Waals surface area contributed by atoms with Crippen LogP contribution in [0.15, 0.2) is 54.9 Å². The van der Waals surface area contributed by atoms with Gasteiger partial charge in [-0.25, -0.2) is 15.0 Å². The molecule has 4 aromatic rings. The lowest BCUT2D eigenvalue weighted by molar-refractivity contribution is 0.534. The molecule has 0 amide bonds. The average Bonchev–Trinajstić information content (AvgIpc) is 3.53. The first-order valence-electron chi connectivity index (χ1n) is 12.2. The number of aromatic nitrogens is 4. The maximum absolute atomic E-state index is 6.07. The zero-order valence-electron chi connectivity index (χ0n) is 19.5. The first kappa shape index (κ1) is 21.4. The van der Waals surface area contributed by atoms with E-state index in [1.807, 2.05) is 12.1 Å². The van der Waals surface area contributed by atoms with Crippen LogP contribution in [0.5, 0.6) is 0 Å². The minimum Gasteiger partial charge on any atom is -0.368 e. The summed E-state index contributed by atoms with van der Waals surface area (Å²) >= 11 is 6.07. The van der Waals surface area contributed by atoms with Crippen LogP contribution in [0.3, 0.4) is 0 Å². The Labute approximate surface area is 205 Å². The van der Waals surface area contributed by atoms with Gasteiger partial charge in [-0.1, -0.05) is 54.3 Å². The van der Waals surface area contributed by atoms with E-state index in [1.165, 1.54) is 36.9 Å². The van der Waals surface area contributed by atoms with E-state index in [1.54, 1.807) is 6.33 Å². The number of imidazole rings is 1. The Morgan fingerprint density at radius 3 is 2.21 bits per heavy atom. The Balaban J connectivity index is 1.35. The Morgan fingerprint density at radius 2 is 1.50 bits per heavy atom. The Kier molecular flexibility index (Phi) is 5.61. The van der Waals surface area contributed by atoms with Crippen LogP contribution in [0, 0.1) is 6.92 Å². The number of anilines is 2. The lowest BCUT2D eigenvalue weighted by atomic mass is 10.1. The average molecular weight is 473 g/mol. The summed E-state index contributed by atoms with van der Waals surface area (Å²) in [5.74, 6) is 1.97. The van der Waals surface area contributed by atoms with Crippen LogP contribution >= 0.6 is 11.6 Å². The molecule has 1 aliphatic carbocycles. The van der Waals surface area contributed by atoms with Crippen LogP contribution in [-0.2, 0) is 0 Å². The van der Waals surface area contributed by atoms with E-state index in [4.69, 9.17) is 26.6 Å². The van der Waals surface area contributed by atoms with Crippen LogP contribution in [-0.4, -0.2) is 45.7 Å². The van der Waals surface area contributed by atoms with Crippen LogP contribution in [0.4, 0.5) is 11.5 Å². The fraction of sp³-hybridized carbons (Fsp3) is 0.370. The highest BCUT2D eigenvalue weighted by molar-refractivity contribution is 6.30. The molecule has 0 spiro atoms. The molecule has 6 rings (SSSR count). The summed E-state index contributed by atoms with van der Waals surface area (Å²) in [4.78, 5) is 19.4. The third kappa shape index (κ3) is 3.90. The van der Waals surface area contributed by atoms with Crippen molar-refractivity contribution in [3.63, 3.8) is 0 Å². The molecular formula is C27H29ClN6. The summed E-state index contributed by atoms with van der Waals surface area (Å²) in [6.45, 7) is 5.77. The molecule has 0 N–H and O–H groups in total. The van der Waals surface area contributed by atoms with Crippen molar-refractivity contribution in [1.29, 1.82) is 0 Å². The molecule has 2 fully saturated rings. The maximum atomic E-state index is 6.07. The number of piperazine rings is 1. The Hall–Kier alpha value is -3.12. The zero-order valence-corrected chi connectivity index (χ0v) is 20.2. The summed E-state index contributed by atoms with van der Waals surface area (Å²) in [6.07, 6.45) is 6.62. The van der Waals surface area contributed by atoms with Crippen molar-refractivity contribution in [3.05, 3.63) is 65.4 Å². The van der Waals surface area contributed by atoms with Crippen molar-refractivity contribution < 1.29 is 0 Å². The molecule has 6 nitrogen and oxygen atoms in total. The SMILES string of the molecule is Cc1ccc(-c2nc3c(N4CCN(c5ccc(Cl)cc5)CC4)ncnc3n2C2CCCC2)cc1. The molecule has 1 aliphatic heterocycles. The summed E-state index contributed by atoms with van der Waals surface area (Å²) in [5, 5.41) is 0.771. The van der Waals surface area contributed by atoms with Crippen molar-refractivity contribution in [3.8, 4) is 11.4 Å². The topological polar surface area (TPSA) is 50.1 Å². The number of hydrogen-bond acceptors (Lipinski definition) is 5. The molecule has 1 saturated carbocycles. The highest BCUT2D eigenvalue weighted by atomic mass is 35.5. The number of hydrogen-bond donors (Lipinski definition) is 0. The predicted octanol–water partition coefficient (Wildman–Crippen LogP) is 5.90. The van der Waals surface area contributed by atoms with Crippen LogP contribution in [0.25, 0.3) is 22.6 Å². The molecular weight excluding hydrogens is 444 g/mol. The van der Waals surface area contributed by atoms with E-state index in [9.17, 15) is 0 Å². The second-order valence-electron chi connectivity index (χ2n) is 9.43. The van der Waals surface area contributed by atoms with Gasteiger partial charge in [0.05, 0.1) is 0 Å². The normalized spacial score (nSPS) is 17.1. The zero-order chi connectivity index (χ0) is 23.1. The number of aryl methyl sites for hydroxylation is 1. The lowest BCUT2D eigenvalue weighted by Gasteiger charge is -2.36. The second kappa shape index (κ2) is 8.91. The van der Waals surface area contributed by atoms with Gasteiger partial charge < -0.3 is 14.4 Å². The molecule has 1 saturated heterocycles. The monoisotopic (exact) mass is 472 g/mol. The largest absolute Gasteiger partial charge is 0.368 e. The lowest BCUT2D eigenvalue weighted by Crippen LogP contribution is -2.47. The highest BCUT2D eigenvalue weighted by Gasteiger charge is 2.28. The predicted molar refractivity (Wildman–Crippen MR) is 139 cm³/mol. The molecule has 2 aliphatic rings. The Bertz CT molecular complexity index is 1280. The quantitative estimate of drug-likeness (QED) is 0.370. The number of halogens is 1. The number of rotatable bonds is 4. The molecule has 3 heterocycles. The van der Waals surface area contributed by atoms with Gasteiger partial charge in [-0.3, -0.25) is 0 Å². The van der Waals surface area contributed by atoms with E-state index in [2.05, 4.69) is 57.7 Å². The summed E-state index contributed by atoms with van der Waals surface area (Å²) in [5.41, 5.74) is 5.50. The fourth-order valence-electron chi connectivity index (χ4n) is 5.37. The summed E-state index contributed by atoms with van der Waals surface area (Å²) in [6, 6.07) is 17.2. The van der Waals surface area contributed by atoms with Crippen molar-refractivity contribution in [1.82, 2.24) is 19.5 Å². The van der Waals surface area contributed by atoms with Crippen molar-refractivity contribution in [2.24, 2.45) is 0 Å². The molecule has 0 atom stereocenters. The Morgan fingerprint density at radius 1 is 0.824 bits per heavy atom. The molecule has 34 heavy (non-hydrogen) atoms. The number of nitrogens with zero attached hydrogens (tertiary/aromatic N) is 6. The van der Waals surface area contributed by atoms with Gasteiger partial charge in [0.15, 0.2) is 17.0 Å². The number of benzene rings is 2. The molecule has 174 valence electrons. The molecule has 2 aromatic heterocycles. The minimum absolute atomic E-state index is 0.450. The molecule has 7 heteroatoms. The van der Waals surface area contributed by atoms with Gasteiger partial charge in [0.2, 0.25) is 0 Å². The van der Waals surface area contributed by atoms with Gasteiger partial charge in [0, 0.05) is 48.5 Å². The molecule has 0 radical (unpaired) electrons. The van der Waals surface area contributed by atoms with E-state index >= 15 is 0 Å². The fourth-order valence-corrected chi connectivity index (χ4v) is 5.50. The van der Waals surface area contributed by atoms with Crippen molar-refractivity contribution in [2.75, 3.05) is 36.0 Å². The minimum atomic E-state index is 0.450. The number of fused-ring (bicyclic) bond motifs is 1. The smallest absolute Gasteiger partial charge is 0.166 e. The van der Waals surface area contributed by atoms with Crippen LogP contribution in [0.1, 0.15) is 37.3 Å². The summed E-state index contributed by atoms with van der Waals surface area (Å²) in [7, 11) is 0. The third-order valence-corrected chi connectivity index (χ3v) is 7.48. The van der Waals surface area contributed by atoms with Crippen LogP contribution < -0.4 is 9.80 Å². The standard InChI is InChI=1S/C27H29ClN6/c1-19-6-8-20(9-7-19)25-31-24-26(29-18-30-27(24)34(25)23-4-2-3-5-23)33-16-14-32(15-17-33)22-12-10-21(28)11-13-22/h6-13,18,23H,2-5,14-17H2,1H3. The highest BCUT2D eigenvalue weighted by Crippen LogP contribution is 2.38. The van der Waals surface area contributed by atoms with E-state index < -0.39 is 0 Å². The van der Waals surface area contributed by atoms with Crippen LogP contribution in [0.2, 0.25) is 5.02 Å². The van der Waals surface area contributed by atoms with Gasteiger partial charge >= 0.3 is 0 Å². The van der Waals surface area contributed by atoms with E-state index in [0.717, 1.165) is 59.6 Å². The summed E-state index contributed by atoms with van der Waals surface area (Å²) < 4.78 is 2.39. The maximum Gasteiger partial charge on any atom is 0.166 e. The van der Waals surface area contributed by atoms with Gasteiger partial charge in [0.1, 0.15) is 12.2 Å². The van der Waals surface area contributed by atoms with Crippen molar-refractivity contribution >= 4 is 34.3 Å². The molecule has 0 bridgehead atoms. The van der Waals surface area contributed by atoms with E-state index in [-0.39, 0.29) is 0 Å². The molecule has 0 unspecified atom stereocenters. The molecule has 2 aromatic carbocycles. The first-order chi connectivity index (χ1) is 16.7. The van der Waals surface area contributed by atoms with E-state index in [0.29, 0.717) is 6.04 Å². The second-order valence-corrected chi connectivity index (χ2v) is 9.87. The van der Waals surface area contributed by atoms with Gasteiger partial charge in [-0.2, -0.15) is 0 Å². The third-order valence-electron chi connectivity index (χ3n) is 7.23. The van der Waals surface area contributed by atoms with Crippen molar-refractivity contribution in [2.45, 2.75) is 38.6 Å².